The molecule has 1 N–H and O–H groups in total. The number of anilines is 1. The number of nitrogens with one attached hydrogen (secondary N) is 1. The van der Waals surface area contributed by atoms with Crippen molar-refractivity contribution in [3.05, 3.63) is 96.1 Å². The van der Waals surface area contributed by atoms with Gasteiger partial charge in [0.1, 0.15) is 12.2 Å². The molecule has 1 heterocycles. The summed E-state index contributed by atoms with van der Waals surface area (Å²) < 4.78 is 12.3. The lowest BCUT2D eigenvalue weighted by atomic mass is 10.1. The highest BCUT2D eigenvalue weighted by Gasteiger charge is 2.36. The third-order valence-corrected chi connectivity index (χ3v) is 6.41. The van der Waals surface area contributed by atoms with E-state index in [1.807, 2.05) is 22.6 Å². The van der Waals surface area contributed by atoms with Gasteiger partial charge in [0.25, 0.3) is 17.5 Å². The summed E-state index contributed by atoms with van der Waals surface area (Å²) in [6.07, 6.45) is 1.37. The van der Waals surface area contributed by atoms with E-state index in [0.717, 1.165) is 10.5 Å². The van der Waals surface area contributed by atoms with Gasteiger partial charge in [-0.25, -0.2) is 9.69 Å². The van der Waals surface area contributed by atoms with Crippen molar-refractivity contribution >= 4 is 69.5 Å². The number of nitrogens with zero attached hydrogens (tertiary/aromatic N) is 2. The highest BCUT2D eigenvalue weighted by Crippen LogP contribution is 2.36. The van der Waals surface area contributed by atoms with E-state index in [0.29, 0.717) is 32.3 Å². The Balaban J connectivity index is 1.62. The molecule has 0 aliphatic carbocycles. The van der Waals surface area contributed by atoms with Gasteiger partial charge in [-0.05, 0) is 95.2 Å². The Hall–Kier alpha value is -3.97. The van der Waals surface area contributed by atoms with E-state index in [-0.39, 0.29) is 23.6 Å². The van der Waals surface area contributed by atoms with Crippen LogP contribution in [-0.2, 0) is 16.2 Å². The quantitative estimate of drug-likeness (QED) is 0.113. The molecule has 0 unspecified atom stereocenters. The lowest BCUT2D eigenvalue weighted by Crippen LogP contribution is -2.54. The number of barbiturate groups is 1. The van der Waals surface area contributed by atoms with E-state index in [2.05, 4.69) is 5.32 Å². The van der Waals surface area contributed by atoms with Crippen LogP contribution in [0.3, 0.4) is 0 Å². The zero-order chi connectivity index (χ0) is 27.4. The Morgan fingerprint density at radius 1 is 1.05 bits per heavy atom. The van der Waals surface area contributed by atoms with Crippen molar-refractivity contribution < 1.29 is 28.8 Å². The highest BCUT2D eigenvalue weighted by molar-refractivity contribution is 14.1. The summed E-state index contributed by atoms with van der Waals surface area (Å²) >= 11 is 7.95. The maximum absolute atomic E-state index is 13.2. The second kappa shape index (κ2) is 11.6. The number of ether oxygens (including phenoxy) is 2. The molecule has 3 aromatic rings. The number of imide groups is 2. The minimum absolute atomic E-state index is 0.0200. The van der Waals surface area contributed by atoms with Gasteiger partial charge in [-0.1, -0.05) is 11.6 Å². The number of rotatable bonds is 8. The molecule has 1 aliphatic rings. The smallest absolute Gasteiger partial charge is 0.335 e. The van der Waals surface area contributed by atoms with Crippen LogP contribution in [0.5, 0.6) is 11.5 Å². The second-order valence-electron chi connectivity index (χ2n) is 7.91. The molecule has 0 saturated carbocycles. The average Bonchev–Trinajstić information content (AvgIpc) is 2.87. The fourth-order valence-corrected chi connectivity index (χ4v) is 4.50. The first-order valence-corrected chi connectivity index (χ1v) is 12.6. The molecule has 1 saturated heterocycles. The first-order chi connectivity index (χ1) is 18.2. The molecular weight excluding hydrogens is 629 g/mol. The van der Waals surface area contributed by atoms with E-state index in [4.69, 9.17) is 21.1 Å². The molecule has 0 bridgehead atoms. The first kappa shape index (κ1) is 27.1. The van der Waals surface area contributed by atoms with Gasteiger partial charge < -0.3 is 9.47 Å². The third-order valence-electron chi connectivity index (χ3n) is 5.36. The largest absolute Gasteiger partial charge is 0.490 e. The van der Waals surface area contributed by atoms with Gasteiger partial charge >= 0.3 is 6.03 Å². The highest BCUT2D eigenvalue weighted by atomic mass is 127. The number of urea groups is 1. The van der Waals surface area contributed by atoms with Crippen molar-refractivity contribution in [3.8, 4) is 11.5 Å². The van der Waals surface area contributed by atoms with Crippen molar-refractivity contribution in [1.29, 1.82) is 0 Å². The van der Waals surface area contributed by atoms with Crippen molar-refractivity contribution in [2.24, 2.45) is 0 Å². The molecule has 0 aromatic heterocycles. The summed E-state index contributed by atoms with van der Waals surface area (Å²) in [5.74, 6) is -0.794. The molecule has 194 valence electrons. The van der Waals surface area contributed by atoms with Crippen LogP contribution in [0, 0.1) is 13.7 Å². The Morgan fingerprint density at radius 3 is 2.37 bits per heavy atom. The van der Waals surface area contributed by atoms with Crippen molar-refractivity contribution in [1.82, 2.24) is 5.32 Å². The van der Waals surface area contributed by atoms with E-state index in [9.17, 15) is 24.5 Å². The summed E-state index contributed by atoms with van der Waals surface area (Å²) in [5, 5.41) is 13.5. The standard InChI is InChI=1S/C26H19ClIN3O7/c1-2-37-22-13-16(12-21(28)23(22)38-14-15-3-7-19(8-4-15)31(35)36)11-20-24(32)29-26(34)30(25(20)33)18-9-5-17(27)6-10-18/h3-13H,2,14H2,1H3,(H,29,32,34)/b20-11+. The molecule has 10 nitrogen and oxygen atoms in total. The number of halogens is 2. The van der Waals surface area contributed by atoms with Gasteiger partial charge in [0, 0.05) is 17.2 Å². The fourth-order valence-electron chi connectivity index (χ4n) is 3.59. The predicted molar refractivity (Wildman–Crippen MR) is 148 cm³/mol. The van der Waals surface area contributed by atoms with E-state index in [1.54, 1.807) is 31.2 Å². The van der Waals surface area contributed by atoms with Crippen LogP contribution < -0.4 is 19.7 Å². The third kappa shape index (κ3) is 5.94. The van der Waals surface area contributed by atoms with Crippen LogP contribution in [0.1, 0.15) is 18.1 Å². The number of benzene rings is 3. The predicted octanol–water partition coefficient (Wildman–Crippen LogP) is 5.50. The molecule has 12 heteroatoms. The Labute approximate surface area is 235 Å². The molecule has 3 aromatic carbocycles. The summed E-state index contributed by atoms with van der Waals surface area (Å²) in [5.41, 5.74) is 1.20. The summed E-state index contributed by atoms with van der Waals surface area (Å²) in [6, 6.07) is 14.5. The number of non-ortho nitro benzene ring substituents is 1. The Bertz CT molecular complexity index is 1460. The second-order valence-corrected chi connectivity index (χ2v) is 9.51. The molecule has 0 spiro atoms. The number of amides is 4. The Kier molecular flexibility index (Phi) is 8.27. The molecule has 1 aliphatic heterocycles. The molecule has 0 radical (unpaired) electrons. The number of hydrogen-bond acceptors (Lipinski definition) is 7. The van der Waals surface area contributed by atoms with Gasteiger partial charge in [-0.15, -0.1) is 0 Å². The zero-order valence-electron chi connectivity index (χ0n) is 19.8. The average molecular weight is 648 g/mol. The van der Waals surface area contributed by atoms with Crippen LogP contribution in [0.4, 0.5) is 16.2 Å². The number of carbonyl (C=O) groups excluding carboxylic acids is 3. The summed E-state index contributed by atoms with van der Waals surface area (Å²) in [6.45, 7) is 2.25. The number of hydrogen-bond donors (Lipinski definition) is 1. The van der Waals surface area contributed by atoms with Crippen molar-refractivity contribution in [2.45, 2.75) is 13.5 Å². The van der Waals surface area contributed by atoms with E-state index >= 15 is 0 Å². The normalized spacial score (nSPS) is 14.4. The van der Waals surface area contributed by atoms with Crippen LogP contribution in [0.2, 0.25) is 5.02 Å². The first-order valence-electron chi connectivity index (χ1n) is 11.2. The SMILES string of the molecule is CCOc1cc(/C=C2\C(=O)NC(=O)N(c3ccc(Cl)cc3)C2=O)cc(I)c1OCc1ccc([N+](=O)[O-])cc1. The van der Waals surface area contributed by atoms with Crippen LogP contribution in [-0.4, -0.2) is 29.4 Å². The number of nitro groups is 1. The fraction of sp³-hybridized carbons (Fsp3) is 0.115. The van der Waals surface area contributed by atoms with Crippen molar-refractivity contribution in [2.75, 3.05) is 11.5 Å². The topological polar surface area (TPSA) is 128 Å². The van der Waals surface area contributed by atoms with Gasteiger partial charge in [-0.2, -0.15) is 0 Å². The lowest BCUT2D eigenvalue weighted by molar-refractivity contribution is -0.384. The maximum Gasteiger partial charge on any atom is 0.335 e. The van der Waals surface area contributed by atoms with Crippen molar-refractivity contribution in [3.63, 3.8) is 0 Å². The molecular formula is C26H19ClIN3O7. The monoisotopic (exact) mass is 647 g/mol. The minimum atomic E-state index is -0.862. The summed E-state index contributed by atoms with van der Waals surface area (Å²) in [4.78, 5) is 49.4. The minimum Gasteiger partial charge on any atom is -0.490 e. The van der Waals surface area contributed by atoms with Gasteiger partial charge in [-0.3, -0.25) is 25.0 Å². The zero-order valence-corrected chi connectivity index (χ0v) is 22.7. The van der Waals surface area contributed by atoms with Crippen LogP contribution >= 0.6 is 34.2 Å². The van der Waals surface area contributed by atoms with Gasteiger partial charge in [0.2, 0.25) is 0 Å². The van der Waals surface area contributed by atoms with Gasteiger partial charge in [0.15, 0.2) is 11.5 Å². The van der Waals surface area contributed by atoms with Crippen LogP contribution in [0.25, 0.3) is 6.08 Å². The molecule has 4 rings (SSSR count). The molecule has 1 fully saturated rings. The molecule has 38 heavy (non-hydrogen) atoms. The number of carbonyl (C=O) groups is 3. The molecule has 4 amide bonds. The lowest BCUT2D eigenvalue weighted by Gasteiger charge is -2.26. The molecule has 0 atom stereocenters. The van der Waals surface area contributed by atoms with Crippen LogP contribution in [0.15, 0.2) is 66.2 Å². The summed E-state index contributed by atoms with van der Waals surface area (Å²) in [7, 11) is 0. The van der Waals surface area contributed by atoms with E-state index in [1.165, 1.54) is 42.5 Å². The number of nitro benzene ring substituents is 1. The maximum atomic E-state index is 13.2. The van der Waals surface area contributed by atoms with E-state index < -0.39 is 22.8 Å². The Morgan fingerprint density at radius 2 is 1.74 bits per heavy atom. The van der Waals surface area contributed by atoms with Gasteiger partial charge in [0.05, 0.1) is 20.8 Å².